The van der Waals surface area contributed by atoms with E-state index >= 15 is 0 Å². The SMILES string of the molecule is C=CCO[C@@H]1[C@H](O)[C@H](OCc2ccccc2)[C@@H](OCc2ccccc2)[C@H](OCc2ccccc2)[C@H]1O[C@H]1O[C@H](COC(c2ccccc2)(c2ccccc2)c2ccccc2)[C@@H](OCc2ccccc2)[C@H](OCc2ccccc2)[C@@H]1OC(=O)c1ccccc1. The van der Waals surface area contributed by atoms with Crippen molar-refractivity contribution in [2.24, 2.45) is 0 Å². The van der Waals surface area contributed by atoms with E-state index < -0.39 is 78.9 Å². The molecule has 0 spiro atoms. The fourth-order valence-electron chi connectivity index (χ4n) is 11.6. The highest BCUT2D eigenvalue weighted by Crippen LogP contribution is 2.43. The number of hydrogen-bond donors (Lipinski definition) is 1. The van der Waals surface area contributed by atoms with E-state index in [0.29, 0.717) is 0 Å². The van der Waals surface area contributed by atoms with Crippen molar-refractivity contribution in [1.29, 1.82) is 0 Å². The third-order valence-corrected chi connectivity index (χ3v) is 15.9. The molecule has 9 aromatic carbocycles. The Balaban J connectivity index is 1.07. The lowest BCUT2D eigenvalue weighted by Crippen LogP contribution is -2.69. The Kier molecular flexibility index (Phi) is 21.7. The molecule has 88 heavy (non-hydrogen) atoms. The summed E-state index contributed by atoms with van der Waals surface area (Å²) in [6.07, 6.45) is -11.4. The largest absolute Gasteiger partial charge is 0.450 e. The van der Waals surface area contributed by atoms with Gasteiger partial charge >= 0.3 is 5.97 Å². The minimum absolute atomic E-state index is 0.00109. The number of benzene rings is 9. The van der Waals surface area contributed by atoms with Crippen molar-refractivity contribution in [2.75, 3.05) is 13.2 Å². The standard InChI is InChI=1S/C76H74O12/c1-2-48-79-68-65(77)67(81-50-56-32-14-4-15-33-56)70(83-52-58-36-18-6-19-37-58)71(84-53-59-38-20-7-21-39-59)72(68)88-75-73(87-74(78)60-40-22-8-23-41-60)69(82-51-57-34-16-5-17-35-57)66(80-49-55-30-12-3-13-31-55)64(86-75)54-85-76(61-42-24-9-25-43-61,62-44-26-10-27-45-62)63-46-28-11-29-47-63/h2-47,64-73,75,77H,1,48-54H2/t64-,65-,66-,67+,68-,69+,70-,71+,72+,73+,75-/m1/s1. The second-order valence-corrected chi connectivity index (χ2v) is 21.9. The molecule has 0 unspecified atom stereocenters. The zero-order valence-electron chi connectivity index (χ0n) is 49.0. The van der Waals surface area contributed by atoms with E-state index in [1.165, 1.54) is 0 Å². The molecule has 0 bridgehead atoms. The quantitative estimate of drug-likeness (QED) is 0.0285. The van der Waals surface area contributed by atoms with Gasteiger partial charge in [-0.3, -0.25) is 0 Å². The summed E-state index contributed by atoms with van der Waals surface area (Å²) >= 11 is 0. The van der Waals surface area contributed by atoms with Crippen LogP contribution in [0.25, 0.3) is 0 Å². The van der Waals surface area contributed by atoms with E-state index in [-0.39, 0.29) is 51.8 Å². The van der Waals surface area contributed by atoms with Crippen molar-refractivity contribution < 1.29 is 57.3 Å². The average Bonchev–Trinajstić information content (AvgIpc) is 1.06. The van der Waals surface area contributed by atoms with Crippen LogP contribution < -0.4 is 0 Å². The number of carbonyl (C=O) groups excluding carboxylic acids is 1. The predicted octanol–water partition coefficient (Wildman–Crippen LogP) is 13.2. The van der Waals surface area contributed by atoms with E-state index in [1.54, 1.807) is 30.3 Å². The Labute approximate surface area is 515 Å². The van der Waals surface area contributed by atoms with Gasteiger partial charge in [0.25, 0.3) is 0 Å². The lowest BCUT2D eigenvalue weighted by molar-refractivity contribution is -0.357. The van der Waals surface area contributed by atoms with Crippen molar-refractivity contribution in [3.63, 3.8) is 0 Å². The van der Waals surface area contributed by atoms with Gasteiger partial charge in [-0.2, -0.15) is 0 Å². The number of carbonyl (C=O) groups is 1. The van der Waals surface area contributed by atoms with Crippen molar-refractivity contribution in [2.45, 2.75) is 106 Å². The van der Waals surface area contributed by atoms with Gasteiger partial charge in [-0.15, -0.1) is 6.58 Å². The topological polar surface area (TPSA) is 130 Å². The first-order valence-electron chi connectivity index (χ1n) is 30.0. The maximum atomic E-state index is 15.0. The van der Waals surface area contributed by atoms with Gasteiger partial charge < -0.3 is 52.5 Å². The number of aliphatic hydroxyl groups excluding tert-OH is 1. The van der Waals surface area contributed by atoms with E-state index in [1.807, 2.05) is 212 Å². The Morgan fingerprint density at radius 3 is 1.10 bits per heavy atom. The average molecular weight is 1180 g/mol. The molecular formula is C76H74O12. The summed E-state index contributed by atoms with van der Waals surface area (Å²) in [7, 11) is 0. The second-order valence-electron chi connectivity index (χ2n) is 21.9. The van der Waals surface area contributed by atoms with Gasteiger partial charge in [0.05, 0.1) is 51.8 Å². The molecule has 12 heteroatoms. The molecule has 0 aromatic heterocycles. The molecule has 2 fully saturated rings. The van der Waals surface area contributed by atoms with Crippen LogP contribution in [0.15, 0.2) is 286 Å². The second kappa shape index (κ2) is 31.1. The van der Waals surface area contributed by atoms with Crippen molar-refractivity contribution in [1.82, 2.24) is 0 Å². The summed E-state index contributed by atoms with van der Waals surface area (Å²) < 4.78 is 71.7. The molecule has 11 rings (SSSR count). The summed E-state index contributed by atoms with van der Waals surface area (Å²) in [5.41, 5.74) is 6.04. The lowest BCUT2D eigenvalue weighted by Gasteiger charge is -2.51. The first-order chi connectivity index (χ1) is 43.4. The number of esters is 1. The van der Waals surface area contributed by atoms with Crippen LogP contribution in [-0.4, -0.2) is 91.6 Å². The van der Waals surface area contributed by atoms with E-state index in [0.717, 1.165) is 44.5 Å². The van der Waals surface area contributed by atoms with Crippen molar-refractivity contribution >= 4 is 5.97 Å². The molecular weight excluding hydrogens is 1100 g/mol. The molecule has 2 aliphatic rings. The number of rotatable bonds is 28. The van der Waals surface area contributed by atoms with E-state index in [2.05, 4.69) is 43.0 Å². The number of aliphatic hydroxyl groups is 1. The molecule has 1 aliphatic carbocycles. The van der Waals surface area contributed by atoms with E-state index in [4.69, 9.17) is 47.4 Å². The maximum absolute atomic E-state index is 15.0. The van der Waals surface area contributed by atoms with Crippen molar-refractivity contribution in [3.05, 3.63) is 336 Å². The van der Waals surface area contributed by atoms with Crippen LogP contribution in [0.5, 0.6) is 0 Å². The Morgan fingerprint density at radius 1 is 0.398 bits per heavy atom. The summed E-state index contributed by atoms with van der Waals surface area (Å²) in [6.45, 7) is 4.43. The number of ether oxygens (including phenoxy) is 10. The fraction of sp³-hybridized carbons (Fsp3) is 0.250. The third-order valence-electron chi connectivity index (χ3n) is 15.9. The Hall–Kier alpha value is -8.21. The fourth-order valence-corrected chi connectivity index (χ4v) is 11.6. The highest BCUT2D eigenvalue weighted by molar-refractivity contribution is 5.89. The van der Waals surface area contributed by atoms with Crippen LogP contribution in [0.4, 0.5) is 0 Å². The zero-order chi connectivity index (χ0) is 60.2. The maximum Gasteiger partial charge on any atom is 0.338 e. The molecule has 9 aromatic rings. The highest BCUT2D eigenvalue weighted by atomic mass is 16.7. The molecule has 11 atom stereocenters. The van der Waals surface area contributed by atoms with E-state index in [9.17, 15) is 9.90 Å². The molecule has 450 valence electrons. The van der Waals surface area contributed by atoms with Gasteiger partial charge in [-0.25, -0.2) is 4.79 Å². The monoisotopic (exact) mass is 1180 g/mol. The molecule has 1 saturated heterocycles. The van der Waals surface area contributed by atoms with Crippen LogP contribution >= 0.6 is 0 Å². The summed E-state index contributed by atoms with van der Waals surface area (Å²) in [6, 6.07) is 87.9. The van der Waals surface area contributed by atoms with Gasteiger partial charge in [0, 0.05) is 0 Å². The van der Waals surface area contributed by atoms with Crippen LogP contribution in [0.3, 0.4) is 0 Å². The van der Waals surface area contributed by atoms with Gasteiger partial charge in [0.1, 0.15) is 60.5 Å². The predicted molar refractivity (Wildman–Crippen MR) is 335 cm³/mol. The van der Waals surface area contributed by atoms with Crippen LogP contribution in [0.1, 0.15) is 54.9 Å². The molecule has 0 radical (unpaired) electrons. The van der Waals surface area contributed by atoms with Crippen molar-refractivity contribution in [3.8, 4) is 0 Å². The molecule has 1 N–H and O–H groups in total. The minimum atomic E-state index is -1.51. The van der Waals surface area contributed by atoms with Crippen LogP contribution in [0, 0.1) is 0 Å². The molecule has 1 saturated carbocycles. The zero-order valence-corrected chi connectivity index (χ0v) is 49.0. The smallest absolute Gasteiger partial charge is 0.338 e. The Morgan fingerprint density at radius 2 is 0.716 bits per heavy atom. The normalized spacial score (nSPS) is 22.8. The third kappa shape index (κ3) is 15.4. The first kappa shape index (κ1) is 61.4. The van der Waals surface area contributed by atoms with Gasteiger partial charge in [0.15, 0.2) is 12.4 Å². The lowest BCUT2D eigenvalue weighted by atomic mass is 9.80. The molecule has 12 nitrogen and oxygen atoms in total. The van der Waals surface area contributed by atoms with Gasteiger partial charge in [-0.05, 0) is 56.6 Å². The summed E-state index contributed by atoms with van der Waals surface area (Å²) in [5, 5.41) is 13.1. The van der Waals surface area contributed by atoms with Gasteiger partial charge in [0.2, 0.25) is 0 Å². The molecule has 1 aliphatic heterocycles. The summed E-state index contributed by atoms with van der Waals surface area (Å²) in [4.78, 5) is 15.0. The Bertz CT molecular complexity index is 3370. The summed E-state index contributed by atoms with van der Waals surface area (Å²) in [5.74, 6) is -0.665. The number of hydrogen-bond acceptors (Lipinski definition) is 12. The first-order valence-corrected chi connectivity index (χ1v) is 30.0. The van der Waals surface area contributed by atoms with Crippen LogP contribution in [-0.2, 0) is 86.0 Å². The molecule has 0 amide bonds. The molecule has 1 heterocycles. The van der Waals surface area contributed by atoms with Crippen LogP contribution in [0.2, 0.25) is 0 Å². The van der Waals surface area contributed by atoms with Gasteiger partial charge in [-0.1, -0.05) is 267 Å². The highest BCUT2D eigenvalue weighted by Gasteiger charge is 2.58. The minimum Gasteiger partial charge on any atom is -0.450 e.